The van der Waals surface area contributed by atoms with Crippen molar-refractivity contribution in [3.63, 3.8) is 0 Å². The van der Waals surface area contributed by atoms with Crippen molar-refractivity contribution < 1.29 is 9.47 Å². The Morgan fingerprint density at radius 2 is 2.10 bits per heavy atom. The molecule has 0 aromatic heterocycles. The van der Waals surface area contributed by atoms with Gasteiger partial charge in [-0.15, -0.1) is 0 Å². The van der Waals surface area contributed by atoms with Crippen molar-refractivity contribution in [1.29, 1.82) is 0 Å². The van der Waals surface area contributed by atoms with Crippen LogP contribution < -0.4 is 14.8 Å². The summed E-state index contributed by atoms with van der Waals surface area (Å²) in [7, 11) is 0. The molecule has 1 heterocycles. The first kappa shape index (κ1) is 15.2. The van der Waals surface area contributed by atoms with E-state index in [4.69, 9.17) is 9.47 Å². The molecular weight excluding hydrogens is 330 g/mol. The van der Waals surface area contributed by atoms with E-state index in [0.717, 1.165) is 48.1 Å². The molecule has 2 aliphatic rings. The van der Waals surface area contributed by atoms with Crippen LogP contribution in [-0.4, -0.2) is 19.3 Å². The number of rotatable bonds is 6. The lowest BCUT2D eigenvalue weighted by Crippen LogP contribution is -2.28. The van der Waals surface area contributed by atoms with Gasteiger partial charge in [0.2, 0.25) is 0 Å². The van der Waals surface area contributed by atoms with E-state index in [1.165, 1.54) is 31.2 Å². The van der Waals surface area contributed by atoms with Crippen LogP contribution in [0.15, 0.2) is 16.6 Å². The Bertz CT molecular complexity index is 488. The molecule has 1 N–H and O–H groups in total. The third kappa shape index (κ3) is 4.13. The molecule has 4 heteroatoms. The largest absolute Gasteiger partial charge is 0.490 e. The Morgan fingerprint density at radius 3 is 2.86 bits per heavy atom. The standard InChI is InChI=1S/C17H24BrNO2/c1-2-14(8-12-4-5-12)19-11-13-9-15(18)17-16(10-13)20-6-3-7-21-17/h9-10,12,14,19H,2-8,11H2,1H3. The normalized spacial score (nSPS) is 19.1. The van der Waals surface area contributed by atoms with E-state index in [0.29, 0.717) is 6.04 Å². The van der Waals surface area contributed by atoms with E-state index in [1.54, 1.807) is 0 Å². The third-order valence-corrected chi connectivity index (χ3v) is 4.85. The molecular formula is C17H24BrNO2. The molecule has 1 unspecified atom stereocenters. The highest BCUT2D eigenvalue weighted by molar-refractivity contribution is 9.10. The zero-order chi connectivity index (χ0) is 14.7. The minimum absolute atomic E-state index is 0.632. The van der Waals surface area contributed by atoms with Gasteiger partial charge in [0.05, 0.1) is 17.7 Å². The predicted molar refractivity (Wildman–Crippen MR) is 88.0 cm³/mol. The first-order chi connectivity index (χ1) is 10.3. The molecule has 1 aromatic carbocycles. The van der Waals surface area contributed by atoms with Crippen molar-refractivity contribution in [2.45, 2.75) is 51.6 Å². The average molecular weight is 354 g/mol. The Hall–Kier alpha value is -0.740. The minimum atomic E-state index is 0.632. The molecule has 1 saturated carbocycles. The number of fused-ring (bicyclic) bond motifs is 1. The van der Waals surface area contributed by atoms with Gasteiger partial charge in [0.15, 0.2) is 11.5 Å². The number of ether oxygens (including phenoxy) is 2. The van der Waals surface area contributed by atoms with Crippen molar-refractivity contribution in [1.82, 2.24) is 5.32 Å². The minimum Gasteiger partial charge on any atom is -0.490 e. The second-order valence-electron chi connectivity index (χ2n) is 6.12. The van der Waals surface area contributed by atoms with Crippen LogP contribution in [0, 0.1) is 5.92 Å². The van der Waals surface area contributed by atoms with E-state index >= 15 is 0 Å². The molecule has 0 amide bonds. The van der Waals surface area contributed by atoms with E-state index in [1.807, 2.05) is 0 Å². The van der Waals surface area contributed by atoms with Crippen molar-refractivity contribution in [3.05, 3.63) is 22.2 Å². The van der Waals surface area contributed by atoms with Gasteiger partial charge in [0.1, 0.15) is 0 Å². The summed E-state index contributed by atoms with van der Waals surface area (Å²) in [6.07, 6.45) is 6.31. The van der Waals surface area contributed by atoms with Crippen LogP contribution in [0.1, 0.15) is 44.6 Å². The van der Waals surface area contributed by atoms with Gasteiger partial charge in [-0.2, -0.15) is 0 Å². The molecule has 116 valence electrons. The fourth-order valence-electron chi connectivity index (χ4n) is 2.80. The number of halogens is 1. The highest BCUT2D eigenvalue weighted by atomic mass is 79.9. The van der Waals surface area contributed by atoms with Crippen LogP contribution in [0.25, 0.3) is 0 Å². The fraction of sp³-hybridized carbons (Fsp3) is 0.647. The summed E-state index contributed by atoms with van der Waals surface area (Å²) in [5.74, 6) is 2.69. The summed E-state index contributed by atoms with van der Waals surface area (Å²) >= 11 is 3.61. The molecule has 1 fully saturated rings. The summed E-state index contributed by atoms with van der Waals surface area (Å²) in [4.78, 5) is 0. The van der Waals surface area contributed by atoms with E-state index in [9.17, 15) is 0 Å². The van der Waals surface area contributed by atoms with Crippen molar-refractivity contribution in [2.24, 2.45) is 5.92 Å². The lowest BCUT2D eigenvalue weighted by Gasteiger charge is -2.18. The highest BCUT2D eigenvalue weighted by Gasteiger charge is 2.24. The number of nitrogens with one attached hydrogen (secondary N) is 1. The first-order valence-electron chi connectivity index (χ1n) is 8.07. The second kappa shape index (κ2) is 7.01. The lowest BCUT2D eigenvalue weighted by atomic mass is 10.1. The molecule has 0 spiro atoms. The molecule has 1 aliphatic heterocycles. The second-order valence-corrected chi connectivity index (χ2v) is 6.97. The van der Waals surface area contributed by atoms with Gasteiger partial charge in [0.25, 0.3) is 0 Å². The summed E-state index contributed by atoms with van der Waals surface area (Å²) in [6, 6.07) is 4.89. The maximum atomic E-state index is 5.79. The van der Waals surface area contributed by atoms with Gasteiger partial charge >= 0.3 is 0 Å². The Kier molecular flexibility index (Phi) is 5.07. The first-order valence-corrected chi connectivity index (χ1v) is 8.87. The maximum absolute atomic E-state index is 5.79. The van der Waals surface area contributed by atoms with Crippen LogP contribution in [0.5, 0.6) is 11.5 Å². The number of benzene rings is 1. The Balaban J connectivity index is 1.64. The molecule has 1 aromatic rings. The van der Waals surface area contributed by atoms with Crippen LogP contribution in [0.3, 0.4) is 0 Å². The number of hydrogen-bond acceptors (Lipinski definition) is 3. The van der Waals surface area contributed by atoms with Crippen LogP contribution in [0.2, 0.25) is 0 Å². The van der Waals surface area contributed by atoms with Crippen molar-refractivity contribution in [2.75, 3.05) is 13.2 Å². The lowest BCUT2D eigenvalue weighted by molar-refractivity contribution is 0.296. The summed E-state index contributed by atoms with van der Waals surface area (Å²) in [6.45, 7) is 4.61. The maximum Gasteiger partial charge on any atom is 0.175 e. The molecule has 0 radical (unpaired) electrons. The molecule has 1 aliphatic carbocycles. The van der Waals surface area contributed by atoms with E-state index in [2.05, 4.69) is 40.3 Å². The molecule has 3 nitrogen and oxygen atoms in total. The Labute approximate surface area is 135 Å². The monoisotopic (exact) mass is 353 g/mol. The predicted octanol–water partition coefficient (Wildman–Crippen LogP) is 4.28. The van der Waals surface area contributed by atoms with Gasteiger partial charge < -0.3 is 14.8 Å². The van der Waals surface area contributed by atoms with Gasteiger partial charge in [-0.3, -0.25) is 0 Å². The third-order valence-electron chi connectivity index (χ3n) is 4.26. The quantitative estimate of drug-likeness (QED) is 0.827. The van der Waals surface area contributed by atoms with Gasteiger partial charge in [0, 0.05) is 19.0 Å². The summed E-state index contributed by atoms with van der Waals surface area (Å²) in [5.41, 5.74) is 1.25. The summed E-state index contributed by atoms with van der Waals surface area (Å²) in [5, 5.41) is 3.69. The van der Waals surface area contributed by atoms with Crippen LogP contribution in [-0.2, 0) is 6.54 Å². The molecule has 1 atom stereocenters. The zero-order valence-electron chi connectivity index (χ0n) is 12.7. The van der Waals surface area contributed by atoms with Crippen LogP contribution in [0.4, 0.5) is 0 Å². The SMILES string of the molecule is CCC(CC1CC1)NCc1cc(Br)c2c(c1)OCCCO2. The van der Waals surface area contributed by atoms with E-state index in [-0.39, 0.29) is 0 Å². The number of hydrogen-bond donors (Lipinski definition) is 1. The Morgan fingerprint density at radius 1 is 1.29 bits per heavy atom. The summed E-state index contributed by atoms with van der Waals surface area (Å²) < 4.78 is 12.5. The van der Waals surface area contributed by atoms with Gasteiger partial charge in [-0.1, -0.05) is 19.8 Å². The van der Waals surface area contributed by atoms with Crippen molar-refractivity contribution >= 4 is 15.9 Å². The molecule has 0 bridgehead atoms. The van der Waals surface area contributed by atoms with Crippen molar-refractivity contribution in [3.8, 4) is 11.5 Å². The van der Waals surface area contributed by atoms with Gasteiger partial charge in [-0.25, -0.2) is 0 Å². The molecule has 0 saturated heterocycles. The molecule has 3 rings (SSSR count). The fourth-order valence-corrected chi connectivity index (χ4v) is 3.40. The zero-order valence-corrected chi connectivity index (χ0v) is 14.2. The topological polar surface area (TPSA) is 30.5 Å². The highest BCUT2D eigenvalue weighted by Crippen LogP contribution is 2.38. The van der Waals surface area contributed by atoms with E-state index < -0.39 is 0 Å². The van der Waals surface area contributed by atoms with Gasteiger partial charge in [-0.05, 0) is 52.4 Å². The van der Waals surface area contributed by atoms with Crippen LogP contribution >= 0.6 is 15.9 Å². The average Bonchev–Trinajstić information content (AvgIpc) is 3.30. The smallest absolute Gasteiger partial charge is 0.175 e. The molecule has 21 heavy (non-hydrogen) atoms.